The lowest BCUT2D eigenvalue weighted by Crippen LogP contribution is -2.11. The summed E-state index contributed by atoms with van der Waals surface area (Å²) in [7, 11) is 0. The Hall–Kier alpha value is -4.10. The van der Waals surface area contributed by atoms with Crippen LogP contribution in [0.3, 0.4) is 0 Å². The van der Waals surface area contributed by atoms with Gasteiger partial charge in [0.1, 0.15) is 0 Å². The first-order valence-electron chi connectivity index (χ1n) is 12.4. The molecule has 0 radical (unpaired) electrons. The number of nitrogens with zero attached hydrogens (tertiary/aromatic N) is 1. The molecule has 0 saturated heterocycles. The molecule has 0 unspecified atom stereocenters. The SMILES string of the molecule is Cc1ccc(N(c2ccc(C)cc2)c2ccc(-c3ccc4c(c3)CC4)cc2-c2ccccc2)cc1. The van der Waals surface area contributed by atoms with E-state index < -0.39 is 0 Å². The third-order valence-electron chi connectivity index (χ3n) is 7.11. The Morgan fingerprint density at radius 3 is 1.63 bits per heavy atom. The lowest BCUT2D eigenvalue weighted by atomic mass is 9.85. The molecule has 1 nitrogen and oxygen atoms in total. The summed E-state index contributed by atoms with van der Waals surface area (Å²) in [4.78, 5) is 2.38. The third kappa shape index (κ3) is 4.15. The first kappa shape index (κ1) is 21.4. The molecule has 0 N–H and O–H groups in total. The van der Waals surface area contributed by atoms with Crippen molar-refractivity contribution in [3.05, 3.63) is 138 Å². The molecule has 0 fully saturated rings. The predicted octanol–water partition coefficient (Wildman–Crippen LogP) is 9.21. The van der Waals surface area contributed by atoms with Crippen molar-refractivity contribution in [2.75, 3.05) is 4.90 Å². The molecule has 170 valence electrons. The Kier molecular flexibility index (Phi) is 5.47. The van der Waals surface area contributed by atoms with Crippen molar-refractivity contribution >= 4 is 17.1 Å². The second kappa shape index (κ2) is 8.92. The van der Waals surface area contributed by atoms with Crippen LogP contribution < -0.4 is 4.90 Å². The van der Waals surface area contributed by atoms with E-state index in [1.54, 1.807) is 0 Å². The minimum Gasteiger partial charge on any atom is -0.310 e. The minimum atomic E-state index is 1.16. The van der Waals surface area contributed by atoms with Crippen LogP contribution in [-0.4, -0.2) is 0 Å². The third-order valence-corrected chi connectivity index (χ3v) is 7.11. The van der Waals surface area contributed by atoms with Crippen molar-refractivity contribution < 1.29 is 0 Å². The van der Waals surface area contributed by atoms with Gasteiger partial charge < -0.3 is 4.90 Å². The number of rotatable bonds is 5. The fraction of sp³-hybridized carbons (Fsp3) is 0.118. The molecule has 0 spiro atoms. The van der Waals surface area contributed by atoms with Crippen molar-refractivity contribution in [2.24, 2.45) is 0 Å². The molecule has 0 bridgehead atoms. The van der Waals surface area contributed by atoms with E-state index >= 15 is 0 Å². The molecular weight excluding hydrogens is 422 g/mol. The lowest BCUT2D eigenvalue weighted by Gasteiger charge is -2.29. The molecule has 1 aliphatic rings. The van der Waals surface area contributed by atoms with Gasteiger partial charge in [0.15, 0.2) is 0 Å². The van der Waals surface area contributed by atoms with Gasteiger partial charge in [-0.25, -0.2) is 0 Å². The van der Waals surface area contributed by atoms with Crippen molar-refractivity contribution in [1.29, 1.82) is 0 Å². The Bertz CT molecular complexity index is 1430. The second-order valence-corrected chi connectivity index (χ2v) is 9.59. The average molecular weight is 452 g/mol. The molecule has 1 aliphatic carbocycles. The maximum absolute atomic E-state index is 2.38. The zero-order valence-electron chi connectivity index (χ0n) is 20.3. The number of anilines is 3. The maximum atomic E-state index is 2.38. The van der Waals surface area contributed by atoms with Gasteiger partial charge in [0.05, 0.1) is 5.69 Å². The van der Waals surface area contributed by atoms with Gasteiger partial charge in [-0.05, 0) is 90.9 Å². The summed E-state index contributed by atoms with van der Waals surface area (Å²) in [5, 5.41) is 0. The van der Waals surface area contributed by atoms with Gasteiger partial charge in [0.25, 0.3) is 0 Å². The summed E-state index contributed by atoms with van der Waals surface area (Å²) in [6.07, 6.45) is 2.41. The van der Waals surface area contributed by atoms with Crippen molar-refractivity contribution in [3.63, 3.8) is 0 Å². The summed E-state index contributed by atoms with van der Waals surface area (Å²) >= 11 is 0. The van der Waals surface area contributed by atoms with E-state index in [1.165, 1.54) is 63.0 Å². The van der Waals surface area contributed by atoms with Gasteiger partial charge in [0.2, 0.25) is 0 Å². The van der Waals surface area contributed by atoms with Crippen LogP contribution in [0.1, 0.15) is 22.3 Å². The highest BCUT2D eigenvalue weighted by Gasteiger charge is 2.19. The number of benzene rings is 5. The van der Waals surface area contributed by atoms with Crippen molar-refractivity contribution in [1.82, 2.24) is 0 Å². The van der Waals surface area contributed by atoms with Gasteiger partial charge >= 0.3 is 0 Å². The van der Waals surface area contributed by atoms with Gasteiger partial charge in [-0.1, -0.05) is 90.0 Å². The highest BCUT2D eigenvalue weighted by molar-refractivity contribution is 5.90. The lowest BCUT2D eigenvalue weighted by molar-refractivity contribution is 0.840. The fourth-order valence-corrected chi connectivity index (χ4v) is 4.95. The van der Waals surface area contributed by atoms with E-state index in [-0.39, 0.29) is 0 Å². The summed E-state index contributed by atoms with van der Waals surface area (Å²) in [5.74, 6) is 0. The molecular formula is C34H29N. The normalized spacial score (nSPS) is 12.1. The minimum absolute atomic E-state index is 1.16. The van der Waals surface area contributed by atoms with Crippen LogP contribution in [0.15, 0.2) is 115 Å². The Morgan fingerprint density at radius 2 is 1.06 bits per heavy atom. The summed E-state index contributed by atoms with van der Waals surface area (Å²) in [6.45, 7) is 4.27. The number of hydrogen-bond donors (Lipinski definition) is 0. The van der Waals surface area contributed by atoms with Crippen molar-refractivity contribution in [3.8, 4) is 22.3 Å². The topological polar surface area (TPSA) is 3.24 Å². The van der Waals surface area contributed by atoms with Crippen molar-refractivity contribution in [2.45, 2.75) is 26.7 Å². The van der Waals surface area contributed by atoms with Gasteiger partial charge in [-0.2, -0.15) is 0 Å². The summed E-state index contributed by atoms with van der Waals surface area (Å²) in [5.41, 5.74) is 14.0. The molecule has 0 aliphatic heterocycles. The zero-order valence-corrected chi connectivity index (χ0v) is 20.3. The second-order valence-electron chi connectivity index (χ2n) is 9.59. The number of fused-ring (bicyclic) bond motifs is 1. The highest BCUT2D eigenvalue weighted by atomic mass is 15.1. The number of hydrogen-bond acceptors (Lipinski definition) is 1. The molecule has 0 atom stereocenters. The standard InChI is InChI=1S/C34H29N/c1-24-8-17-31(18-9-24)35(32-19-10-25(2)11-20-32)34-21-16-30(23-33(34)27-6-4-3-5-7-27)29-15-13-26-12-14-28(26)22-29/h3-11,13,15-23H,12,14H2,1-2H3. The van der Waals surface area contributed by atoms with E-state index in [2.05, 4.69) is 134 Å². The van der Waals surface area contributed by atoms with E-state index in [0.29, 0.717) is 0 Å². The highest BCUT2D eigenvalue weighted by Crippen LogP contribution is 2.43. The summed E-state index contributed by atoms with van der Waals surface area (Å²) < 4.78 is 0. The van der Waals surface area contributed by atoms with Crippen LogP contribution in [0.5, 0.6) is 0 Å². The molecule has 0 saturated carbocycles. The molecule has 0 heterocycles. The molecule has 0 amide bonds. The maximum Gasteiger partial charge on any atom is 0.0540 e. The van der Waals surface area contributed by atoms with Gasteiger partial charge in [0, 0.05) is 16.9 Å². The van der Waals surface area contributed by atoms with Crippen LogP contribution in [0, 0.1) is 13.8 Å². The number of aryl methyl sites for hydroxylation is 4. The molecule has 0 aromatic heterocycles. The van der Waals surface area contributed by atoms with E-state index in [1.807, 2.05) is 0 Å². The Morgan fingerprint density at radius 1 is 0.486 bits per heavy atom. The fourth-order valence-electron chi connectivity index (χ4n) is 4.95. The predicted molar refractivity (Wildman–Crippen MR) is 149 cm³/mol. The van der Waals surface area contributed by atoms with Gasteiger partial charge in [-0.15, -0.1) is 0 Å². The van der Waals surface area contributed by atoms with Crippen LogP contribution in [0.25, 0.3) is 22.3 Å². The smallest absolute Gasteiger partial charge is 0.0540 e. The molecule has 35 heavy (non-hydrogen) atoms. The quantitative estimate of drug-likeness (QED) is 0.257. The van der Waals surface area contributed by atoms with Crippen LogP contribution in [0.2, 0.25) is 0 Å². The van der Waals surface area contributed by atoms with E-state index in [9.17, 15) is 0 Å². The Labute approximate surface area is 208 Å². The Balaban J connectivity index is 1.56. The molecule has 5 aromatic rings. The molecule has 5 aromatic carbocycles. The molecule has 1 heteroatoms. The van der Waals surface area contributed by atoms with Crippen LogP contribution >= 0.6 is 0 Å². The van der Waals surface area contributed by atoms with Gasteiger partial charge in [-0.3, -0.25) is 0 Å². The monoisotopic (exact) mass is 451 g/mol. The first-order valence-corrected chi connectivity index (χ1v) is 12.4. The summed E-state index contributed by atoms with van der Waals surface area (Å²) in [6, 6.07) is 42.3. The first-order chi connectivity index (χ1) is 17.2. The zero-order chi connectivity index (χ0) is 23.8. The molecule has 6 rings (SSSR count). The van der Waals surface area contributed by atoms with E-state index in [4.69, 9.17) is 0 Å². The van der Waals surface area contributed by atoms with Crippen LogP contribution in [0.4, 0.5) is 17.1 Å². The largest absolute Gasteiger partial charge is 0.310 e. The average Bonchev–Trinajstić information content (AvgIpc) is 2.88. The van der Waals surface area contributed by atoms with Crippen LogP contribution in [-0.2, 0) is 12.8 Å². The van der Waals surface area contributed by atoms with E-state index in [0.717, 1.165) is 11.4 Å².